The molecule has 1 amide bonds. The van der Waals surface area contributed by atoms with Gasteiger partial charge in [-0.25, -0.2) is 0 Å². The number of carbonyl (C=O) groups is 1. The Kier molecular flexibility index (Phi) is 5.83. The van der Waals surface area contributed by atoms with E-state index in [2.05, 4.69) is 5.32 Å². The molecule has 5 nitrogen and oxygen atoms in total. The van der Waals surface area contributed by atoms with Gasteiger partial charge in [0.25, 0.3) is 5.91 Å². The highest BCUT2D eigenvalue weighted by molar-refractivity contribution is 5.94. The van der Waals surface area contributed by atoms with Crippen molar-refractivity contribution in [2.24, 2.45) is 11.7 Å². The predicted octanol–water partition coefficient (Wildman–Crippen LogP) is 1.18. The van der Waals surface area contributed by atoms with Gasteiger partial charge >= 0.3 is 0 Å². The third kappa shape index (κ3) is 4.51. The van der Waals surface area contributed by atoms with Gasteiger partial charge < -0.3 is 20.5 Å². The second kappa shape index (κ2) is 7.87. The van der Waals surface area contributed by atoms with Crippen molar-refractivity contribution in [1.29, 1.82) is 0 Å². The van der Waals surface area contributed by atoms with Gasteiger partial charge in [0, 0.05) is 24.6 Å². The second-order valence-corrected chi connectivity index (χ2v) is 4.95. The molecule has 3 N–H and O–H groups in total. The molecule has 1 aromatic carbocycles. The van der Waals surface area contributed by atoms with Crippen molar-refractivity contribution in [2.45, 2.75) is 12.8 Å². The number of nitrogens with two attached hydrogens (primary N) is 1. The summed E-state index contributed by atoms with van der Waals surface area (Å²) in [5, 5.41) is 2.94. The first-order valence-corrected chi connectivity index (χ1v) is 7.08. The fraction of sp³-hybridized carbons (Fsp3) is 0.533. The standard InChI is InChI=1S/C15H22N2O3/c16-7-1-8-20-14-4-2-13(3-5-14)15(18)17-10-12-6-9-19-11-12/h2-5,12H,1,6-11,16H2,(H,17,18)/t12-/m1/s1. The Labute approximate surface area is 119 Å². The molecule has 0 unspecified atom stereocenters. The van der Waals surface area contributed by atoms with Crippen LogP contribution in [0.1, 0.15) is 23.2 Å². The molecule has 1 aliphatic rings. The minimum atomic E-state index is -0.0505. The van der Waals surface area contributed by atoms with Crippen LogP contribution >= 0.6 is 0 Å². The van der Waals surface area contributed by atoms with E-state index < -0.39 is 0 Å². The Morgan fingerprint density at radius 3 is 2.85 bits per heavy atom. The summed E-state index contributed by atoms with van der Waals surface area (Å²) in [6.45, 7) is 3.44. The first-order valence-electron chi connectivity index (χ1n) is 7.08. The Hall–Kier alpha value is -1.59. The summed E-state index contributed by atoms with van der Waals surface area (Å²) in [5.41, 5.74) is 6.05. The Bertz CT molecular complexity index is 414. The van der Waals surface area contributed by atoms with Crippen LogP contribution in [0.2, 0.25) is 0 Å². The fourth-order valence-electron chi connectivity index (χ4n) is 2.06. The van der Waals surface area contributed by atoms with Gasteiger partial charge in [-0.1, -0.05) is 0 Å². The fourth-order valence-corrected chi connectivity index (χ4v) is 2.06. The van der Waals surface area contributed by atoms with Crippen molar-refractivity contribution in [3.63, 3.8) is 0 Å². The molecule has 0 bridgehead atoms. The van der Waals surface area contributed by atoms with Crippen molar-refractivity contribution < 1.29 is 14.3 Å². The van der Waals surface area contributed by atoms with Crippen molar-refractivity contribution in [3.8, 4) is 5.75 Å². The van der Waals surface area contributed by atoms with Crippen LogP contribution < -0.4 is 15.8 Å². The first kappa shape index (κ1) is 14.8. The number of benzene rings is 1. The van der Waals surface area contributed by atoms with Crippen LogP contribution in [0, 0.1) is 5.92 Å². The summed E-state index contributed by atoms with van der Waals surface area (Å²) in [6.07, 6.45) is 1.85. The van der Waals surface area contributed by atoms with Crippen LogP contribution in [-0.2, 0) is 4.74 Å². The van der Waals surface area contributed by atoms with Gasteiger partial charge in [0.2, 0.25) is 0 Å². The largest absolute Gasteiger partial charge is 0.494 e. The van der Waals surface area contributed by atoms with Crippen LogP contribution in [0.25, 0.3) is 0 Å². The van der Waals surface area contributed by atoms with Crippen LogP contribution in [0.15, 0.2) is 24.3 Å². The molecule has 1 saturated heterocycles. The lowest BCUT2D eigenvalue weighted by atomic mass is 10.1. The number of hydrogen-bond donors (Lipinski definition) is 2. The maximum atomic E-state index is 12.0. The molecule has 0 spiro atoms. The van der Waals surface area contributed by atoms with Gasteiger partial charge in [0.05, 0.1) is 13.2 Å². The van der Waals surface area contributed by atoms with Crippen molar-refractivity contribution in [2.75, 3.05) is 32.9 Å². The lowest BCUT2D eigenvalue weighted by molar-refractivity contribution is 0.0945. The lowest BCUT2D eigenvalue weighted by Crippen LogP contribution is -2.29. The number of ether oxygens (including phenoxy) is 2. The molecule has 0 radical (unpaired) electrons. The zero-order valence-corrected chi connectivity index (χ0v) is 11.6. The van der Waals surface area contributed by atoms with E-state index >= 15 is 0 Å². The SMILES string of the molecule is NCCCOc1ccc(C(=O)NC[C@H]2CCOC2)cc1. The van der Waals surface area contributed by atoms with E-state index in [9.17, 15) is 4.79 Å². The van der Waals surface area contributed by atoms with Crippen LogP contribution in [-0.4, -0.2) is 38.8 Å². The zero-order chi connectivity index (χ0) is 14.2. The number of carbonyl (C=O) groups excluding carboxylic acids is 1. The van der Waals surface area contributed by atoms with Crippen LogP contribution in [0.4, 0.5) is 0 Å². The van der Waals surface area contributed by atoms with Gasteiger partial charge in [-0.3, -0.25) is 4.79 Å². The maximum absolute atomic E-state index is 12.0. The van der Waals surface area contributed by atoms with E-state index in [1.807, 2.05) is 12.1 Å². The molecule has 20 heavy (non-hydrogen) atoms. The molecule has 0 saturated carbocycles. The summed E-state index contributed by atoms with van der Waals surface area (Å²) >= 11 is 0. The number of amides is 1. The molecule has 1 heterocycles. The zero-order valence-electron chi connectivity index (χ0n) is 11.6. The highest BCUT2D eigenvalue weighted by atomic mass is 16.5. The van der Waals surface area contributed by atoms with Gasteiger partial charge in [0.15, 0.2) is 0 Å². The molecule has 1 fully saturated rings. The van der Waals surface area contributed by atoms with Crippen molar-refractivity contribution >= 4 is 5.91 Å². The lowest BCUT2D eigenvalue weighted by Gasteiger charge is -2.10. The Morgan fingerprint density at radius 2 is 2.20 bits per heavy atom. The Balaban J connectivity index is 1.77. The van der Waals surface area contributed by atoms with Gasteiger partial charge in [-0.15, -0.1) is 0 Å². The van der Waals surface area contributed by atoms with Gasteiger partial charge in [-0.2, -0.15) is 0 Å². The molecule has 1 aromatic rings. The van der Waals surface area contributed by atoms with Gasteiger partial charge in [0.1, 0.15) is 5.75 Å². The van der Waals surface area contributed by atoms with Gasteiger partial charge in [-0.05, 0) is 43.7 Å². The number of nitrogens with one attached hydrogen (secondary N) is 1. The maximum Gasteiger partial charge on any atom is 0.251 e. The summed E-state index contributed by atoms with van der Waals surface area (Å²) < 4.78 is 10.8. The summed E-state index contributed by atoms with van der Waals surface area (Å²) in [5.74, 6) is 1.16. The summed E-state index contributed by atoms with van der Waals surface area (Å²) in [7, 11) is 0. The van der Waals surface area contributed by atoms with Crippen LogP contribution in [0.5, 0.6) is 5.75 Å². The third-order valence-corrected chi connectivity index (χ3v) is 3.31. The van der Waals surface area contributed by atoms with E-state index in [4.69, 9.17) is 15.2 Å². The second-order valence-electron chi connectivity index (χ2n) is 4.95. The molecule has 0 aromatic heterocycles. The minimum absolute atomic E-state index is 0.0505. The van der Waals surface area contributed by atoms with E-state index in [1.165, 1.54) is 0 Å². The summed E-state index contributed by atoms with van der Waals surface area (Å²) in [6, 6.07) is 7.17. The smallest absolute Gasteiger partial charge is 0.251 e. The molecular formula is C15H22N2O3. The van der Waals surface area contributed by atoms with E-state index in [0.717, 1.165) is 31.8 Å². The van der Waals surface area contributed by atoms with Crippen molar-refractivity contribution in [3.05, 3.63) is 29.8 Å². The molecule has 1 aliphatic heterocycles. The quantitative estimate of drug-likeness (QED) is 0.735. The topological polar surface area (TPSA) is 73.6 Å². The highest BCUT2D eigenvalue weighted by Gasteiger charge is 2.16. The molecule has 5 heteroatoms. The third-order valence-electron chi connectivity index (χ3n) is 3.31. The summed E-state index contributed by atoms with van der Waals surface area (Å²) in [4.78, 5) is 12.0. The molecule has 1 atom stereocenters. The van der Waals surface area contributed by atoms with E-state index in [-0.39, 0.29) is 5.91 Å². The number of hydrogen-bond acceptors (Lipinski definition) is 4. The van der Waals surface area contributed by atoms with E-state index in [1.54, 1.807) is 12.1 Å². The first-order chi connectivity index (χ1) is 9.79. The average molecular weight is 278 g/mol. The molecule has 110 valence electrons. The van der Waals surface area contributed by atoms with Crippen LogP contribution in [0.3, 0.4) is 0 Å². The van der Waals surface area contributed by atoms with E-state index in [0.29, 0.717) is 31.2 Å². The normalized spacial score (nSPS) is 17.9. The predicted molar refractivity (Wildman–Crippen MR) is 76.9 cm³/mol. The molecule has 0 aliphatic carbocycles. The Morgan fingerprint density at radius 1 is 1.40 bits per heavy atom. The molecular weight excluding hydrogens is 256 g/mol. The number of rotatable bonds is 7. The monoisotopic (exact) mass is 278 g/mol. The van der Waals surface area contributed by atoms with Crippen molar-refractivity contribution in [1.82, 2.24) is 5.32 Å². The average Bonchev–Trinajstić information content (AvgIpc) is 2.99. The minimum Gasteiger partial charge on any atom is -0.494 e. The highest BCUT2D eigenvalue weighted by Crippen LogP contribution is 2.13. The molecule has 2 rings (SSSR count).